The number of aliphatic hydroxyl groups is 1. The summed E-state index contributed by atoms with van der Waals surface area (Å²) in [5.74, 6) is 0.434. The van der Waals surface area contributed by atoms with Gasteiger partial charge in [-0.1, -0.05) is 6.92 Å². The average Bonchev–Trinajstić information content (AvgIpc) is 2.02. The van der Waals surface area contributed by atoms with Crippen molar-refractivity contribution in [3.8, 4) is 0 Å². The first-order chi connectivity index (χ1) is 6.39. The Hall–Kier alpha value is -0.290. The van der Waals surface area contributed by atoms with Crippen molar-refractivity contribution < 1.29 is 18.3 Å². The van der Waals surface area contributed by atoms with Crippen LogP contribution in [0.25, 0.3) is 0 Å². The SMILES string of the molecule is CC1CCCN(CC(O)C(F)(F)F)C1. The molecule has 2 nitrogen and oxygen atoms in total. The summed E-state index contributed by atoms with van der Waals surface area (Å²) in [6, 6.07) is 0. The number of piperidine rings is 1. The molecular weight excluding hydrogens is 195 g/mol. The second-order valence-corrected chi connectivity index (χ2v) is 4.06. The Morgan fingerprint density at radius 1 is 1.50 bits per heavy atom. The monoisotopic (exact) mass is 211 g/mol. The third-order valence-corrected chi connectivity index (χ3v) is 2.55. The van der Waals surface area contributed by atoms with Crippen LogP contribution in [0.3, 0.4) is 0 Å². The van der Waals surface area contributed by atoms with Crippen LogP contribution in [0.2, 0.25) is 0 Å². The van der Waals surface area contributed by atoms with Crippen LogP contribution in [0.1, 0.15) is 19.8 Å². The van der Waals surface area contributed by atoms with E-state index in [4.69, 9.17) is 5.11 Å². The maximum Gasteiger partial charge on any atom is 0.415 e. The van der Waals surface area contributed by atoms with Gasteiger partial charge in [-0.25, -0.2) is 0 Å². The highest BCUT2D eigenvalue weighted by Gasteiger charge is 2.39. The molecule has 0 radical (unpaired) electrons. The van der Waals surface area contributed by atoms with Gasteiger partial charge in [0.1, 0.15) is 0 Å². The lowest BCUT2D eigenvalue weighted by atomic mass is 10.00. The van der Waals surface area contributed by atoms with Gasteiger partial charge in [0, 0.05) is 13.1 Å². The fourth-order valence-electron chi connectivity index (χ4n) is 1.80. The number of rotatable bonds is 2. The fourth-order valence-corrected chi connectivity index (χ4v) is 1.80. The van der Waals surface area contributed by atoms with Crippen molar-refractivity contribution in [1.29, 1.82) is 0 Å². The van der Waals surface area contributed by atoms with Crippen LogP contribution in [-0.4, -0.2) is 41.9 Å². The standard InChI is InChI=1S/C9H16F3NO/c1-7-3-2-4-13(5-7)6-8(14)9(10,11)12/h7-8,14H,2-6H2,1H3. The molecule has 0 aliphatic carbocycles. The van der Waals surface area contributed by atoms with E-state index in [1.165, 1.54) is 0 Å². The van der Waals surface area contributed by atoms with Crippen molar-refractivity contribution in [3.63, 3.8) is 0 Å². The molecule has 2 atom stereocenters. The molecule has 0 saturated carbocycles. The smallest absolute Gasteiger partial charge is 0.382 e. The van der Waals surface area contributed by atoms with E-state index in [2.05, 4.69) is 0 Å². The molecule has 1 aliphatic heterocycles. The summed E-state index contributed by atoms with van der Waals surface area (Å²) in [5.41, 5.74) is 0. The molecule has 0 aromatic rings. The summed E-state index contributed by atoms with van der Waals surface area (Å²) in [7, 11) is 0. The van der Waals surface area contributed by atoms with Crippen molar-refractivity contribution in [2.24, 2.45) is 5.92 Å². The normalized spacial score (nSPS) is 27.6. The molecule has 84 valence electrons. The minimum Gasteiger partial charge on any atom is -0.382 e. The first kappa shape index (κ1) is 11.8. The molecule has 1 N–H and O–H groups in total. The van der Waals surface area contributed by atoms with E-state index >= 15 is 0 Å². The fraction of sp³-hybridized carbons (Fsp3) is 1.00. The third kappa shape index (κ3) is 3.46. The summed E-state index contributed by atoms with van der Waals surface area (Å²) >= 11 is 0. The Morgan fingerprint density at radius 3 is 2.64 bits per heavy atom. The van der Waals surface area contributed by atoms with Gasteiger partial charge in [-0.15, -0.1) is 0 Å². The van der Waals surface area contributed by atoms with Crippen molar-refractivity contribution in [3.05, 3.63) is 0 Å². The highest BCUT2D eigenvalue weighted by atomic mass is 19.4. The zero-order valence-corrected chi connectivity index (χ0v) is 8.22. The highest BCUT2D eigenvalue weighted by molar-refractivity contribution is 4.75. The molecular formula is C9H16F3NO. The Bertz CT molecular complexity index is 183. The molecule has 14 heavy (non-hydrogen) atoms. The second kappa shape index (κ2) is 4.49. The zero-order chi connectivity index (χ0) is 10.8. The molecule has 0 aromatic heterocycles. The molecule has 1 heterocycles. The van der Waals surface area contributed by atoms with Gasteiger partial charge >= 0.3 is 6.18 Å². The first-order valence-corrected chi connectivity index (χ1v) is 4.86. The number of nitrogens with zero attached hydrogens (tertiary/aromatic N) is 1. The molecule has 1 fully saturated rings. The van der Waals surface area contributed by atoms with Gasteiger partial charge in [0.15, 0.2) is 6.10 Å². The van der Waals surface area contributed by atoms with E-state index in [0.29, 0.717) is 19.0 Å². The van der Waals surface area contributed by atoms with E-state index in [9.17, 15) is 13.2 Å². The van der Waals surface area contributed by atoms with Crippen LogP contribution < -0.4 is 0 Å². The van der Waals surface area contributed by atoms with Gasteiger partial charge < -0.3 is 10.0 Å². The number of halogens is 3. The van der Waals surface area contributed by atoms with E-state index in [1.807, 2.05) is 6.92 Å². The molecule has 1 saturated heterocycles. The predicted molar refractivity (Wildman–Crippen MR) is 46.9 cm³/mol. The number of aliphatic hydroxyl groups excluding tert-OH is 1. The van der Waals surface area contributed by atoms with Crippen LogP contribution in [0.15, 0.2) is 0 Å². The van der Waals surface area contributed by atoms with Gasteiger partial charge in [0.25, 0.3) is 0 Å². The summed E-state index contributed by atoms with van der Waals surface area (Å²) in [6.45, 7) is 3.06. The van der Waals surface area contributed by atoms with E-state index in [-0.39, 0.29) is 6.54 Å². The van der Waals surface area contributed by atoms with Gasteiger partial charge in [-0.2, -0.15) is 13.2 Å². The molecule has 1 aliphatic rings. The summed E-state index contributed by atoms with van der Waals surface area (Å²) in [6.07, 6.45) is -4.70. The number of likely N-dealkylation sites (tertiary alicyclic amines) is 1. The molecule has 0 amide bonds. The van der Waals surface area contributed by atoms with Gasteiger partial charge in [0.05, 0.1) is 0 Å². The minimum absolute atomic E-state index is 0.284. The van der Waals surface area contributed by atoms with E-state index in [1.54, 1.807) is 4.90 Å². The Labute approximate surface area is 81.7 Å². The highest BCUT2D eigenvalue weighted by Crippen LogP contribution is 2.23. The zero-order valence-electron chi connectivity index (χ0n) is 8.22. The minimum atomic E-state index is -4.49. The topological polar surface area (TPSA) is 23.5 Å². The maximum absolute atomic E-state index is 12.0. The first-order valence-electron chi connectivity index (χ1n) is 4.86. The van der Waals surface area contributed by atoms with Gasteiger partial charge in [-0.3, -0.25) is 0 Å². The maximum atomic E-state index is 12.0. The lowest BCUT2D eigenvalue weighted by Gasteiger charge is -2.32. The van der Waals surface area contributed by atoms with Crippen LogP contribution in [0, 0.1) is 5.92 Å². The second-order valence-electron chi connectivity index (χ2n) is 4.06. The summed E-state index contributed by atoms with van der Waals surface area (Å²) in [5, 5.41) is 8.86. The summed E-state index contributed by atoms with van der Waals surface area (Å²) in [4.78, 5) is 1.69. The molecule has 5 heteroatoms. The predicted octanol–water partition coefficient (Wildman–Crippen LogP) is 1.64. The van der Waals surface area contributed by atoms with Gasteiger partial charge in [0.2, 0.25) is 0 Å². The lowest BCUT2D eigenvalue weighted by Crippen LogP contribution is -2.44. The molecule has 0 aromatic carbocycles. The van der Waals surface area contributed by atoms with Crippen molar-refractivity contribution in [1.82, 2.24) is 4.90 Å². The number of hydrogen-bond donors (Lipinski definition) is 1. The molecule has 0 spiro atoms. The van der Waals surface area contributed by atoms with Crippen LogP contribution in [0.4, 0.5) is 13.2 Å². The van der Waals surface area contributed by atoms with Crippen molar-refractivity contribution in [2.75, 3.05) is 19.6 Å². The Morgan fingerprint density at radius 2 is 2.14 bits per heavy atom. The quantitative estimate of drug-likeness (QED) is 0.750. The third-order valence-electron chi connectivity index (χ3n) is 2.55. The van der Waals surface area contributed by atoms with E-state index in [0.717, 1.165) is 12.8 Å². The van der Waals surface area contributed by atoms with Gasteiger partial charge in [-0.05, 0) is 25.3 Å². The number of β-amino-alcohol motifs (C(OH)–C–C–N with tert-alkyl or cyclic N) is 1. The van der Waals surface area contributed by atoms with Crippen LogP contribution in [-0.2, 0) is 0 Å². The molecule has 2 unspecified atom stereocenters. The van der Waals surface area contributed by atoms with Crippen LogP contribution in [0.5, 0.6) is 0 Å². The number of alkyl halides is 3. The Kier molecular flexibility index (Phi) is 3.78. The molecule has 1 rings (SSSR count). The van der Waals surface area contributed by atoms with Crippen LogP contribution >= 0.6 is 0 Å². The van der Waals surface area contributed by atoms with E-state index < -0.39 is 12.3 Å². The summed E-state index contributed by atoms with van der Waals surface area (Å²) < 4.78 is 36.1. The lowest BCUT2D eigenvalue weighted by molar-refractivity contribution is -0.209. The van der Waals surface area contributed by atoms with Crippen molar-refractivity contribution >= 4 is 0 Å². The molecule has 0 bridgehead atoms. The Balaban J connectivity index is 2.36. The largest absolute Gasteiger partial charge is 0.415 e. The number of hydrogen-bond acceptors (Lipinski definition) is 2. The average molecular weight is 211 g/mol. The van der Waals surface area contributed by atoms with Crippen molar-refractivity contribution in [2.45, 2.75) is 32.0 Å².